The number of aromatic nitrogens is 4. The number of aryl methyl sites for hydroxylation is 1. The molecule has 0 spiro atoms. The molecular formula is C35H46N10O2S. The molecule has 4 aromatic rings. The molecule has 0 unspecified atom stereocenters. The summed E-state index contributed by atoms with van der Waals surface area (Å²) in [4.78, 5) is 26.2. The van der Waals surface area contributed by atoms with E-state index < -0.39 is 10.0 Å². The van der Waals surface area contributed by atoms with E-state index in [9.17, 15) is 8.42 Å². The third kappa shape index (κ3) is 6.90. The van der Waals surface area contributed by atoms with E-state index in [0.29, 0.717) is 46.1 Å². The van der Waals surface area contributed by atoms with Gasteiger partial charge in [-0.3, -0.25) is 19.2 Å². The van der Waals surface area contributed by atoms with Gasteiger partial charge < -0.3 is 20.4 Å². The number of nitrogens with one attached hydrogen (secondary N) is 2. The molecule has 1 saturated carbocycles. The van der Waals surface area contributed by atoms with Crippen molar-refractivity contribution in [1.82, 2.24) is 29.7 Å². The van der Waals surface area contributed by atoms with E-state index in [1.165, 1.54) is 67.9 Å². The van der Waals surface area contributed by atoms with Crippen LogP contribution in [0.3, 0.4) is 0 Å². The largest absolute Gasteiger partial charge is 0.371 e. The highest BCUT2D eigenvalue weighted by atomic mass is 32.2. The van der Waals surface area contributed by atoms with Crippen molar-refractivity contribution < 1.29 is 8.42 Å². The Labute approximate surface area is 283 Å². The first-order valence-electron chi connectivity index (χ1n) is 17.1. The Morgan fingerprint density at radius 2 is 1.67 bits per heavy atom. The molecule has 1 aliphatic carbocycles. The SMILES string of the molecule is CCc1cc(Nc2ncc(C3CC3)c(Nc3ccc4nccnc4c3N(C)S(C)(=O)=O)n2)ccc1N1CCC(N2CCN(C)CC2)CC1. The van der Waals surface area contributed by atoms with Crippen LogP contribution in [0.5, 0.6) is 0 Å². The Bertz CT molecular complexity index is 1880. The maximum atomic E-state index is 12.7. The predicted molar refractivity (Wildman–Crippen MR) is 193 cm³/mol. The van der Waals surface area contributed by atoms with Gasteiger partial charge in [0.15, 0.2) is 0 Å². The minimum Gasteiger partial charge on any atom is -0.371 e. The van der Waals surface area contributed by atoms with Crippen LogP contribution in [0, 0.1) is 0 Å². The van der Waals surface area contributed by atoms with E-state index in [4.69, 9.17) is 9.97 Å². The summed E-state index contributed by atoms with van der Waals surface area (Å²) >= 11 is 0. The predicted octanol–water partition coefficient (Wildman–Crippen LogP) is 4.96. The molecule has 0 bridgehead atoms. The molecule has 0 radical (unpaired) electrons. The highest BCUT2D eigenvalue weighted by Crippen LogP contribution is 2.44. The van der Waals surface area contributed by atoms with Crippen molar-refractivity contribution in [1.29, 1.82) is 0 Å². The summed E-state index contributed by atoms with van der Waals surface area (Å²) < 4.78 is 26.6. The van der Waals surface area contributed by atoms with Gasteiger partial charge in [-0.25, -0.2) is 13.4 Å². The van der Waals surface area contributed by atoms with Crippen LogP contribution in [-0.2, 0) is 16.4 Å². The van der Waals surface area contributed by atoms with Crippen LogP contribution in [0.15, 0.2) is 48.9 Å². The zero-order chi connectivity index (χ0) is 33.4. The molecule has 4 heterocycles. The maximum Gasteiger partial charge on any atom is 0.232 e. The van der Waals surface area contributed by atoms with Gasteiger partial charge in [-0.05, 0) is 81.0 Å². The minimum atomic E-state index is -3.58. The summed E-state index contributed by atoms with van der Waals surface area (Å²) in [7, 11) is 0.169. The highest BCUT2D eigenvalue weighted by Gasteiger charge is 2.30. The quantitative estimate of drug-likeness (QED) is 0.238. The average molecular weight is 671 g/mol. The van der Waals surface area contributed by atoms with Gasteiger partial charge in [0, 0.05) is 87.9 Å². The Morgan fingerprint density at radius 1 is 0.917 bits per heavy atom. The van der Waals surface area contributed by atoms with Crippen molar-refractivity contribution in [3.63, 3.8) is 0 Å². The lowest BCUT2D eigenvalue weighted by atomic mass is 10.00. The third-order valence-corrected chi connectivity index (χ3v) is 11.3. The maximum absolute atomic E-state index is 12.7. The van der Waals surface area contributed by atoms with Crippen molar-refractivity contribution in [2.45, 2.75) is 51.0 Å². The molecule has 48 heavy (non-hydrogen) atoms. The molecule has 12 nitrogen and oxygen atoms in total. The van der Waals surface area contributed by atoms with Crippen molar-refractivity contribution in [3.8, 4) is 0 Å². The number of sulfonamides is 1. The summed E-state index contributed by atoms with van der Waals surface area (Å²) in [6.07, 6.45) is 11.7. The topological polar surface area (TPSA) is 123 Å². The Hall–Kier alpha value is -4.07. The van der Waals surface area contributed by atoms with Crippen LogP contribution < -0.4 is 19.8 Å². The lowest BCUT2D eigenvalue weighted by Gasteiger charge is -2.43. The number of fused-ring (bicyclic) bond motifs is 1. The van der Waals surface area contributed by atoms with Crippen molar-refractivity contribution in [2.24, 2.45) is 0 Å². The second-order valence-electron chi connectivity index (χ2n) is 13.4. The molecule has 0 amide bonds. The number of hydrogen-bond donors (Lipinski definition) is 2. The van der Waals surface area contributed by atoms with Gasteiger partial charge in [0.1, 0.15) is 17.0 Å². The zero-order valence-corrected chi connectivity index (χ0v) is 29.2. The number of anilines is 6. The van der Waals surface area contributed by atoms with E-state index in [2.05, 4.69) is 67.5 Å². The van der Waals surface area contributed by atoms with E-state index in [1.54, 1.807) is 12.4 Å². The molecule has 2 aromatic carbocycles. The van der Waals surface area contributed by atoms with Crippen LogP contribution in [0.25, 0.3) is 11.0 Å². The lowest BCUT2D eigenvalue weighted by Crippen LogP contribution is -2.52. The number of hydrogen-bond acceptors (Lipinski definition) is 11. The summed E-state index contributed by atoms with van der Waals surface area (Å²) in [5, 5.41) is 6.91. The van der Waals surface area contributed by atoms with Gasteiger partial charge in [0.2, 0.25) is 16.0 Å². The first-order chi connectivity index (χ1) is 23.2. The molecule has 3 fully saturated rings. The molecule has 3 aliphatic rings. The zero-order valence-electron chi connectivity index (χ0n) is 28.4. The number of piperidine rings is 1. The smallest absolute Gasteiger partial charge is 0.232 e. The fraction of sp³-hybridized carbons (Fsp3) is 0.486. The number of rotatable bonds is 10. The molecule has 7 rings (SSSR count). The second-order valence-corrected chi connectivity index (χ2v) is 15.4. The second kappa shape index (κ2) is 13.4. The van der Waals surface area contributed by atoms with Gasteiger partial charge in [0.05, 0.1) is 17.5 Å². The van der Waals surface area contributed by atoms with Gasteiger partial charge in [-0.1, -0.05) is 6.92 Å². The number of piperazine rings is 1. The van der Waals surface area contributed by atoms with Crippen molar-refractivity contribution >= 4 is 55.6 Å². The van der Waals surface area contributed by atoms with E-state index in [1.807, 2.05) is 18.3 Å². The van der Waals surface area contributed by atoms with Gasteiger partial charge in [-0.15, -0.1) is 0 Å². The Morgan fingerprint density at radius 3 is 2.38 bits per heavy atom. The molecule has 0 atom stereocenters. The Kier molecular flexibility index (Phi) is 9.10. The molecule has 2 saturated heterocycles. The normalized spacial score (nSPS) is 18.3. The standard InChI is InChI=1S/C35H46N10O2S/c1-5-24-22-26(8-11-31(24)45-16-12-27(13-17-45)44-20-18-42(2)19-21-44)39-35-38-23-28(25-6-7-25)34(41-35)40-30-10-9-29-32(37-15-14-36-29)33(30)43(3)48(4,46)47/h8-11,14-15,22-23,25,27H,5-7,12-13,16-21H2,1-4H3,(H2,38,39,40,41). The number of likely N-dealkylation sites (N-methyl/N-ethyl adjacent to an activating group) is 1. The minimum absolute atomic E-state index is 0.365. The summed E-state index contributed by atoms with van der Waals surface area (Å²) in [5.74, 6) is 1.49. The first kappa shape index (κ1) is 32.5. The molecule has 2 aliphatic heterocycles. The van der Waals surface area contributed by atoms with Crippen molar-refractivity contribution in [3.05, 3.63) is 60.0 Å². The van der Waals surface area contributed by atoms with Crippen LogP contribution in [-0.4, -0.2) is 104 Å². The first-order valence-corrected chi connectivity index (χ1v) is 18.9. The van der Waals surface area contributed by atoms with Gasteiger partial charge >= 0.3 is 0 Å². The van der Waals surface area contributed by atoms with Crippen LogP contribution >= 0.6 is 0 Å². The molecule has 2 aromatic heterocycles. The van der Waals surface area contributed by atoms with E-state index in [0.717, 1.165) is 43.6 Å². The number of benzene rings is 2. The average Bonchev–Trinajstić information content (AvgIpc) is 3.94. The summed E-state index contributed by atoms with van der Waals surface area (Å²) in [6, 6.07) is 10.9. The van der Waals surface area contributed by atoms with Gasteiger partial charge in [-0.2, -0.15) is 4.98 Å². The highest BCUT2D eigenvalue weighted by molar-refractivity contribution is 7.92. The molecule has 2 N–H and O–H groups in total. The summed E-state index contributed by atoms with van der Waals surface area (Å²) in [5.41, 5.74) is 6.67. The van der Waals surface area contributed by atoms with Crippen molar-refractivity contribution in [2.75, 3.05) is 79.5 Å². The summed E-state index contributed by atoms with van der Waals surface area (Å²) in [6.45, 7) is 9.06. The Balaban J connectivity index is 1.11. The molecular weight excluding hydrogens is 625 g/mol. The fourth-order valence-electron chi connectivity index (χ4n) is 7.02. The monoisotopic (exact) mass is 670 g/mol. The van der Waals surface area contributed by atoms with E-state index >= 15 is 0 Å². The molecule has 254 valence electrons. The molecule has 13 heteroatoms. The fourth-order valence-corrected chi connectivity index (χ4v) is 7.54. The third-order valence-electron chi connectivity index (χ3n) is 10.1. The van der Waals surface area contributed by atoms with Crippen LogP contribution in [0.2, 0.25) is 0 Å². The van der Waals surface area contributed by atoms with Crippen LogP contribution in [0.4, 0.5) is 34.5 Å². The van der Waals surface area contributed by atoms with Gasteiger partial charge in [0.25, 0.3) is 0 Å². The van der Waals surface area contributed by atoms with E-state index in [-0.39, 0.29) is 0 Å². The van der Waals surface area contributed by atoms with Crippen LogP contribution in [0.1, 0.15) is 49.7 Å². The lowest BCUT2D eigenvalue weighted by molar-refractivity contribution is 0.0982. The number of nitrogens with zero attached hydrogens (tertiary/aromatic N) is 8.